The molecule has 1 aromatic rings. The fraction of sp³-hybridized carbons (Fsp3) is 0.750. The maximum atomic E-state index is 12.1. The van der Waals surface area contributed by atoms with Gasteiger partial charge in [0.25, 0.3) is 0 Å². The van der Waals surface area contributed by atoms with E-state index in [0.29, 0.717) is 12.6 Å². The van der Waals surface area contributed by atoms with E-state index in [4.69, 9.17) is 0 Å². The zero-order valence-corrected chi connectivity index (χ0v) is 15.1. The molecule has 0 saturated heterocycles. The van der Waals surface area contributed by atoms with Crippen molar-refractivity contribution in [1.82, 2.24) is 20.4 Å². The number of nitrogens with one attached hydrogen (secondary N) is 2. The Hall–Kier alpha value is -1.17. The number of carbonyl (C=O) groups is 1. The third kappa shape index (κ3) is 4.18. The van der Waals surface area contributed by atoms with Gasteiger partial charge in [-0.3, -0.25) is 4.68 Å². The SMILES string of the molecule is CSC(C)(C)CNC(=O)NC1CCc2cnn(C(C)C)c2C1. The molecule has 6 heteroatoms. The van der Waals surface area contributed by atoms with Gasteiger partial charge in [0.2, 0.25) is 0 Å². The average molecular weight is 324 g/mol. The molecule has 2 N–H and O–H groups in total. The number of carbonyl (C=O) groups excluding carboxylic acids is 1. The van der Waals surface area contributed by atoms with Crippen LogP contribution in [0, 0.1) is 0 Å². The summed E-state index contributed by atoms with van der Waals surface area (Å²) < 4.78 is 2.14. The van der Waals surface area contributed by atoms with Crippen molar-refractivity contribution in [3.63, 3.8) is 0 Å². The van der Waals surface area contributed by atoms with Crippen molar-refractivity contribution in [2.75, 3.05) is 12.8 Å². The highest BCUT2D eigenvalue weighted by atomic mass is 32.2. The molecule has 0 radical (unpaired) electrons. The van der Waals surface area contributed by atoms with Gasteiger partial charge in [0.1, 0.15) is 0 Å². The molecule has 0 spiro atoms. The lowest BCUT2D eigenvalue weighted by Crippen LogP contribution is -2.47. The molecule has 1 atom stereocenters. The molecule has 0 saturated carbocycles. The smallest absolute Gasteiger partial charge is 0.315 e. The average Bonchev–Trinajstić information content (AvgIpc) is 2.88. The largest absolute Gasteiger partial charge is 0.337 e. The minimum Gasteiger partial charge on any atom is -0.337 e. The van der Waals surface area contributed by atoms with Crippen molar-refractivity contribution in [3.05, 3.63) is 17.5 Å². The van der Waals surface area contributed by atoms with Crippen molar-refractivity contribution in [1.29, 1.82) is 0 Å². The Morgan fingerprint density at radius 1 is 1.55 bits per heavy atom. The van der Waals surface area contributed by atoms with Crippen LogP contribution in [-0.2, 0) is 12.8 Å². The van der Waals surface area contributed by atoms with Crippen LogP contribution in [0.3, 0.4) is 0 Å². The quantitative estimate of drug-likeness (QED) is 0.875. The monoisotopic (exact) mass is 324 g/mol. The lowest BCUT2D eigenvalue weighted by atomic mass is 9.93. The highest BCUT2D eigenvalue weighted by Gasteiger charge is 2.25. The molecular formula is C16H28N4OS. The van der Waals surface area contributed by atoms with Gasteiger partial charge in [0.05, 0.1) is 6.20 Å². The zero-order chi connectivity index (χ0) is 16.3. The molecule has 22 heavy (non-hydrogen) atoms. The molecule has 1 heterocycles. The minimum absolute atomic E-state index is 0.0628. The van der Waals surface area contributed by atoms with E-state index >= 15 is 0 Å². The second-order valence-corrected chi connectivity index (χ2v) is 8.40. The van der Waals surface area contributed by atoms with Crippen molar-refractivity contribution >= 4 is 17.8 Å². The fourth-order valence-electron chi connectivity index (χ4n) is 2.69. The molecule has 0 aliphatic heterocycles. The fourth-order valence-corrected chi connectivity index (χ4v) is 2.91. The molecule has 0 bridgehead atoms. The number of aromatic nitrogens is 2. The molecule has 1 aromatic heterocycles. The van der Waals surface area contributed by atoms with Crippen LogP contribution < -0.4 is 10.6 Å². The Bertz CT molecular complexity index is 524. The van der Waals surface area contributed by atoms with E-state index < -0.39 is 0 Å². The number of hydrogen-bond donors (Lipinski definition) is 2. The minimum atomic E-state index is -0.0637. The first-order valence-corrected chi connectivity index (χ1v) is 9.19. The summed E-state index contributed by atoms with van der Waals surface area (Å²) in [6.45, 7) is 9.21. The predicted octanol–water partition coefficient (Wildman–Crippen LogP) is 2.76. The van der Waals surface area contributed by atoms with E-state index in [0.717, 1.165) is 19.3 Å². The molecule has 1 aliphatic carbocycles. The second kappa shape index (κ2) is 6.94. The van der Waals surface area contributed by atoms with Crippen molar-refractivity contribution in [3.8, 4) is 0 Å². The first-order valence-electron chi connectivity index (χ1n) is 7.97. The first kappa shape index (κ1) is 17.2. The normalized spacial score (nSPS) is 18.2. The summed E-state index contributed by atoms with van der Waals surface area (Å²) >= 11 is 1.76. The predicted molar refractivity (Wildman–Crippen MR) is 92.6 cm³/mol. The van der Waals surface area contributed by atoms with Gasteiger partial charge in [-0.1, -0.05) is 0 Å². The summed E-state index contributed by atoms with van der Waals surface area (Å²) in [5.74, 6) is 0. The van der Waals surface area contributed by atoms with Gasteiger partial charge < -0.3 is 10.6 Å². The summed E-state index contributed by atoms with van der Waals surface area (Å²) in [7, 11) is 0. The lowest BCUT2D eigenvalue weighted by Gasteiger charge is -2.27. The van der Waals surface area contributed by atoms with Gasteiger partial charge >= 0.3 is 6.03 Å². The number of aryl methyl sites for hydroxylation is 1. The standard InChI is InChI=1S/C16H28N4OS/c1-11(2)20-14-8-13(7-6-12(14)9-18-20)19-15(21)17-10-16(3,4)22-5/h9,11,13H,6-8,10H2,1-5H3,(H2,17,19,21). The second-order valence-electron chi connectivity index (χ2n) is 6.89. The topological polar surface area (TPSA) is 59.0 Å². The molecule has 1 unspecified atom stereocenters. The molecule has 2 rings (SSSR count). The van der Waals surface area contributed by atoms with Crippen molar-refractivity contribution in [2.24, 2.45) is 0 Å². The molecule has 0 aromatic carbocycles. The number of rotatable bonds is 5. The van der Waals surface area contributed by atoms with Crippen LogP contribution in [0.25, 0.3) is 0 Å². The lowest BCUT2D eigenvalue weighted by molar-refractivity contribution is 0.234. The summed E-state index contributed by atoms with van der Waals surface area (Å²) in [5.41, 5.74) is 2.60. The van der Waals surface area contributed by atoms with Crippen LogP contribution in [0.15, 0.2) is 6.20 Å². The number of hydrogen-bond acceptors (Lipinski definition) is 3. The maximum absolute atomic E-state index is 12.1. The van der Waals surface area contributed by atoms with Crippen LogP contribution >= 0.6 is 11.8 Å². The number of amides is 2. The van der Waals surface area contributed by atoms with Crippen LogP contribution in [0.5, 0.6) is 0 Å². The van der Waals surface area contributed by atoms with E-state index in [1.807, 2.05) is 6.20 Å². The van der Waals surface area contributed by atoms with Gasteiger partial charge in [-0.15, -0.1) is 0 Å². The van der Waals surface area contributed by atoms with Crippen molar-refractivity contribution in [2.45, 2.75) is 63.8 Å². The molecule has 0 fully saturated rings. The van der Waals surface area contributed by atoms with E-state index in [2.05, 4.69) is 54.4 Å². The zero-order valence-electron chi connectivity index (χ0n) is 14.3. The molecule has 1 aliphatic rings. The number of thioether (sulfide) groups is 1. The Kier molecular flexibility index (Phi) is 5.42. The third-order valence-electron chi connectivity index (χ3n) is 4.24. The van der Waals surface area contributed by atoms with Gasteiger partial charge in [0, 0.05) is 35.5 Å². The van der Waals surface area contributed by atoms with Crippen LogP contribution in [0.2, 0.25) is 0 Å². The molecule has 2 amide bonds. The summed E-state index contributed by atoms with van der Waals surface area (Å²) in [6, 6.07) is 0.490. The summed E-state index contributed by atoms with van der Waals surface area (Å²) in [5, 5.41) is 10.6. The third-order valence-corrected chi connectivity index (χ3v) is 5.49. The van der Waals surface area contributed by atoms with E-state index in [9.17, 15) is 4.79 Å². The Balaban J connectivity index is 1.90. The number of fused-ring (bicyclic) bond motifs is 1. The van der Waals surface area contributed by atoms with Gasteiger partial charge in [0.15, 0.2) is 0 Å². The van der Waals surface area contributed by atoms with E-state index in [1.165, 1.54) is 11.3 Å². The number of nitrogens with zero attached hydrogens (tertiary/aromatic N) is 2. The molecule has 5 nitrogen and oxygen atoms in total. The molecule has 124 valence electrons. The Labute approximate surface area is 137 Å². The van der Waals surface area contributed by atoms with Gasteiger partial charge in [-0.05, 0) is 52.4 Å². The van der Waals surface area contributed by atoms with Gasteiger partial charge in [-0.25, -0.2) is 4.79 Å². The van der Waals surface area contributed by atoms with E-state index in [1.54, 1.807) is 11.8 Å². The van der Waals surface area contributed by atoms with Crippen LogP contribution in [0.1, 0.15) is 51.4 Å². The molecular weight excluding hydrogens is 296 g/mol. The first-order chi connectivity index (χ1) is 10.3. The Morgan fingerprint density at radius 3 is 2.91 bits per heavy atom. The maximum Gasteiger partial charge on any atom is 0.315 e. The Morgan fingerprint density at radius 2 is 2.27 bits per heavy atom. The summed E-state index contributed by atoms with van der Waals surface area (Å²) in [6.07, 6.45) is 6.88. The number of urea groups is 1. The van der Waals surface area contributed by atoms with E-state index in [-0.39, 0.29) is 16.8 Å². The van der Waals surface area contributed by atoms with Gasteiger partial charge in [-0.2, -0.15) is 16.9 Å². The van der Waals surface area contributed by atoms with Crippen LogP contribution in [-0.4, -0.2) is 39.4 Å². The highest BCUT2D eigenvalue weighted by molar-refractivity contribution is 7.99. The van der Waals surface area contributed by atoms with Crippen molar-refractivity contribution < 1.29 is 4.79 Å². The summed E-state index contributed by atoms with van der Waals surface area (Å²) in [4.78, 5) is 12.1. The highest BCUT2D eigenvalue weighted by Crippen LogP contribution is 2.24. The van der Waals surface area contributed by atoms with Crippen LogP contribution in [0.4, 0.5) is 4.79 Å².